The molecule has 0 aliphatic heterocycles. The number of anilines is 1. The van der Waals surface area contributed by atoms with Crippen molar-refractivity contribution in [1.29, 1.82) is 0 Å². The molecule has 0 bridgehead atoms. The second-order valence-corrected chi connectivity index (χ2v) is 3.67. The van der Waals surface area contributed by atoms with Crippen LogP contribution in [0.1, 0.15) is 6.92 Å². The minimum atomic E-state index is -1.35. The van der Waals surface area contributed by atoms with E-state index in [1.165, 1.54) is 0 Å². The van der Waals surface area contributed by atoms with E-state index in [0.29, 0.717) is 22.5 Å². The van der Waals surface area contributed by atoms with Gasteiger partial charge in [0, 0.05) is 12.3 Å². The van der Waals surface area contributed by atoms with Crippen LogP contribution in [0.3, 0.4) is 0 Å². The van der Waals surface area contributed by atoms with E-state index in [-0.39, 0.29) is 6.79 Å². The Morgan fingerprint density at radius 1 is 1.56 bits per heavy atom. The predicted molar refractivity (Wildman–Crippen MR) is 60.3 cm³/mol. The molecule has 1 N–H and O–H groups in total. The third-order valence-corrected chi connectivity index (χ3v) is 2.30. The molecule has 0 aliphatic rings. The van der Waals surface area contributed by atoms with Gasteiger partial charge in [-0.3, -0.25) is 0 Å². The average molecular weight is 289 g/mol. The van der Waals surface area contributed by atoms with Crippen LogP contribution in [0.4, 0.5) is 10.5 Å². The zero-order valence-corrected chi connectivity index (χ0v) is 10.2. The molecule has 1 aromatic rings. The van der Waals surface area contributed by atoms with E-state index < -0.39 is 6.09 Å². The summed E-state index contributed by atoms with van der Waals surface area (Å²) in [6.07, 6.45) is -1.35. The molecule has 1 rings (SSSR count). The van der Waals surface area contributed by atoms with Crippen LogP contribution in [-0.4, -0.2) is 19.5 Å². The minimum Gasteiger partial charge on any atom is -0.530 e. The Balaban J connectivity index is 2.64. The van der Waals surface area contributed by atoms with Gasteiger partial charge in [0.1, 0.15) is 11.8 Å². The lowest BCUT2D eigenvalue weighted by atomic mass is 10.3. The first kappa shape index (κ1) is 12.8. The topological polar surface area (TPSA) is 70.6 Å². The summed E-state index contributed by atoms with van der Waals surface area (Å²) < 4.78 is 10.9. The Bertz CT molecular complexity index is 370. The first-order chi connectivity index (χ1) is 7.63. The molecular weight excluding hydrogens is 278 g/mol. The Morgan fingerprint density at radius 2 is 2.31 bits per heavy atom. The fraction of sp³-hybridized carbons (Fsp3) is 0.300. The summed E-state index contributed by atoms with van der Waals surface area (Å²) in [6.45, 7) is 2.59. The molecule has 0 aromatic heterocycles. The van der Waals surface area contributed by atoms with Gasteiger partial charge in [-0.05, 0) is 41.1 Å². The molecule has 6 heteroatoms. The summed E-state index contributed by atoms with van der Waals surface area (Å²) >= 11 is 3.26. The number of nitrogens with one attached hydrogen (secondary N) is 1. The van der Waals surface area contributed by atoms with Crippen molar-refractivity contribution in [3.63, 3.8) is 0 Å². The van der Waals surface area contributed by atoms with Crippen LogP contribution in [-0.2, 0) is 4.74 Å². The third-order valence-electron chi connectivity index (χ3n) is 1.68. The van der Waals surface area contributed by atoms with Gasteiger partial charge in [0.2, 0.25) is 0 Å². The average Bonchev–Trinajstić information content (AvgIpc) is 2.20. The molecule has 0 heterocycles. The van der Waals surface area contributed by atoms with Crippen LogP contribution in [0.5, 0.6) is 5.75 Å². The number of halogens is 1. The van der Waals surface area contributed by atoms with E-state index in [1.807, 2.05) is 6.92 Å². The Morgan fingerprint density at radius 3 is 2.88 bits per heavy atom. The van der Waals surface area contributed by atoms with E-state index in [9.17, 15) is 9.90 Å². The molecule has 0 fully saturated rings. The Labute approximate surface area is 101 Å². The number of carbonyl (C=O) groups is 1. The highest BCUT2D eigenvalue weighted by Gasteiger charge is 2.02. The Hall–Kier alpha value is -1.27. The maximum atomic E-state index is 10.3. The lowest BCUT2D eigenvalue weighted by Crippen LogP contribution is -2.28. The highest BCUT2D eigenvalue weighted by molar-refractivity contribution is 9.10. The van der Waals surface area contributed by atoms with Gasteiger partial charge in [0.25, 0.3) is 0 Å². The number of ether oxygens (including phenoxy) is 2. The van der Waals surface area contributed by atoms with Gasteiger partial charge >= 0.3 is 0 Å². The van der Waals surface area contributed by atoms with Gasteiger partial charge in [-0.1, -0.05) is 0 Å². The van der Waals surface area contributed by atoms with Crippen molar-refractivity contribution in [2.24, 2.45) is 0 Å². The van der Waals surface area contributed by atoms with E-state index in [2.05, 4.69) is 21.2 Å². The summed E-state index contributed by atoms with van der Waals surface area (Å²) in [5, 5.41) is 12.4. The second-order valence-electron chi connectivity index (χ2n) is 2.81. The Kier molecular flexibility index (Phi) is 5.07. The van der Waals surface area contributed by atoms with Gasteiger partial charge in [-0.25, -0.2) is 0 Å². The molecule has 0 saturated carbocycles. The van der Waals surface area contributed by atoms with Crippen molar-refractivity contribution in [1.82, 2.24) is 0 Å². The van der Waals surface area contributed by atoms with Gasteiger partial charge in [-0.15, -0.1) is 0 Å². The highest BCUT2D eigenvalue weighted by Crippen LogP contribution is 2.28. The SMILES string of the molecule is CCOCOc1ccc(NC(=O)[O-])cc1Br. The van der Waals surface area contributed by atoms with Gasteiger partial charge in [0.05, 0.1) is 4.47 Å². The molecule has 5 nitrogen and oxygen atoms in total. The normalized spacial score (nSPS) is 9.88. The lowest BCUT2D eigenvalue weighted by molar-refractivity contribution is -0.242. The molecule has 1 aromatic carbocycles. The smallest absolute Gasteiger partial charge is 0.189 e. The number of rotatable bonds is 5. The summed E-state index contributed by atoms with van der Waals surface area (Å²) in [5.74, 6) is 0.581. The van der Waals surface area contributed by atoms with Crippen molar-refractivity contribution >= 4 is 27.7 Å². The largest absolute Gasteiger partial charge is 0.530 e. The molecule has 0 aliphatic carbocycles. The van der Waals surface area contributed by atoms with Gasteiger partial charge in [-0.2, -0.15) is 0 Å². The van der Waals surface area contributed by atoms with E-state index >= 15 is 0 Å². The zero-order chi connectivity index (χ0) is 12.0. The fourth-order valence-electron chi connectivity index (χ4n) is 1.00. The molecule has 0 radical (unpaired) electrons. The molecule has 16 heavy (non-hydrogen) atoms. The molecule has 0 spiro atoms. The summed E-state index contributed by atoms with van der Waals surface area (Å²) in [5.41, 5.74) is 0.413. The number of carboxylic acid groups (broad SMARTS) is 1. The number of amides is 1. The molecule has 0 saturated heterocycles. The van der Waals surface area contributed by atoms with Gasteiger partial charge < -0.3 is 24.7 Å². The molecule has 88 valence electrons. The summed E-state index contributed by atoms with van der Waals surface area (Å²) in [7, 11) is 0. The number of hydrogen-bond donors (Lipinski definition) is 1. The first-order valence-electron chi connectivity index (χ1n) is 4.61. The minimum absolute atomic E-state index is 0.155. The fourth-order valence-corrected chi connectivity index (χ4v) is 1.50. The zero-order valence-electron chi connectivity index (χ0n) is 8.66. The number of hydrogen-bond acceptors (Lipinski definition) is 4. The van der Waals surface area contributed by atoms with Crippen LogP contribution in [0.15, 0.2) is 22.7 Å². The van der Waals surface area contributed by atoms with Crippen molar-refractivity contribution < 1.29 is 19.4 Å². The van der Waals surface area contributed by atoms with Crippen molar-refractivity contribution in [3.8, 4) is 5.75 Å². The predicted octanol–water partition coefficient (Wildman–Crippen LogP) is 1.58. The number of benzene rings is 1. The highest BCUT2D eigenvalue weighted by atomic mass is 79.9. The first-order valence-corrected chi connectivity index (χ1v) is 5.41. The van der Waals surface area contributed by atoms with Crippen molar-refractivity contribution in [2.45, 2.75) is 6.92 Å². The van der Waals surface area contributed by atoms with E-state index in [1.54, 1.807) is 18.2 Å². The monoisotopic (exact) mass is 288 g/mol. The van der Waals surface area contributed by atoms with Crippen molar-refractivity contribution in [3.05, 3.63) is 22.7 Å². The van der Waals surface area contributed by atoms with E-state index in [4.69, 9.17) is 9.47 Å². The molecular formula is C10H11BrNO4-. The standard InChI is InChI=1S/C10H12BrNO4/c1-2-15-6-16-9-4-3-7(5-8(9)11)12-10(13)14/h3-5,12H,2,6H2,1H3,(H,13,14)/p-1. The van der Waals surface area contributed by atoms with Crippen LogP contribution in [0.2, 0.25) is 0 Å². The van der Waals surface area contributed by atoms with Crippen molar-refractivity contribution in [2.75, 3.05) is 18.7 Å². The second kappa shape index (κ2) is 6.34. The number of carbonyl (C=O) groups excluding carboxylic acids is 1. The summed E-state index contributed by atoms with van der Waals surface area (Å²) in [6, 6.07) is 4.79. The maximum Gasteiger partial charge on any atom is 0.189 e. The maximum absolute atomic E-state index is 10.3. The lowest BCUT2D eigenvalue weighted by Gasteiger charge is -2.11. The summed E-state index contributed by atoms with van der Waals surface area (Å²) in [4.78, 5) is 10.3. The van der Waals surface area contributed by atoms with Crippen LogP contribution in [0, 0.1) is 0 Å². The van der Waals surface area contributed by atoms with Gasteiger partial charge in [0.15, 0.2) is 6.79 Å². The molecule has 1 amide bonds. The van der Waals surface area contributed by atoms with Crippen LogP contribution >= 0.6 is 15.9 Å². The van der Waals surface area contributed by atoms with Crippen LogP contribution in [0.25, 0.3) is 0 Å². The quantitative estimate of drug-likeness (QED) is 0.660. The van der Waals surface area contributed by atoms with E-state index in [0.717, 1.165) is 0 Å². The third kappa shape index (κ3) is 4.08. The molecule has 0 unspecified atom stereocenters. The molecule has 0 atom stereocenters. The van der Waals surface area contributed by atoms with Crippen LogP contribution < -0.4 is 15.2 Å².